The Morgan fingerprint density at radius 3 is 2.50 bits per heavy atom. The molecule has 2 rings (SSSR count). The van der Waals surface area contributed by atoms with Crippen LogP contribution in [0.15, 0.2) is 4.99 Å². The largest absolute Gasteiger partial charge is 0.355 e. The second-order valence-electron chi connectivity index (χ2n) is 4.92. The summed E-state index contributed by atoms with van der Waals surface area (Å²) in [5.41, 5.74) is 0. The topological polar surface area (TPSA) is 36.4 Å². The van der Waals surface area contributed by atoms with E-state index >= 15 is 0 Å². The monoisotopic (exact) mass is 195 g/mol. The van der Waals surface area contributed by atoms with Gasteiger partial charge in [-0.05, 0) is 31.1 Å². The number of guanidine groups is 1. The Balaban J connectivity index is 1.84. The van der Waals surface area contributed by atoms with E-state index in [1.807, 2.05) is 0 Å². The van der Waals surface area contributed by atoms with Crippen LogP contribution in [-0.2, 0) is 0 Å². The van der Waals surface area contributed by atoms with E-state index in [1.165, 1.54) is 19.3 Å². The highest BCUT2D eigenvalue weighted by Crippen LogP contribution is 2.28. The summed E-state index contributed by atoms with van der Waals surface area (Å²) in [6.07, 6.45) is 3.98. The van der Waals surface area contributed by atoms with Gasteiger partial charge in [-0.25, -0.2) is 0 Å². The minimum absolute atomic E-state index is 0.637. The quantitative estimate of drug-likeness (QED) is 0.663. The van der Waals surface area contributed by atoms with Gasteiger partial charge < -0.3 is 10.6 Å². The van der Waals surface area contributed by atoms with Crippen LogP contribution in [-0.4, -0.2) is 25.1 Å². The standard InChI is InChI=1S/C11H21N3/c1-8-5-9(2)7-10(6-8)14-11-12-3-4-13-11/h8-10H,3-7H2,1-2H3,(H2,12,13,14). The van der Waals surface area contributed by atoms with E-state index in [2.05, 4.69) is 29.5 Å². The van der Waals surface area contributed by atoms with Gasteiger partial charge >= 0.3 is 0 Å². The van der Waals surface area contributed by atoms with E-state index in [4.69, 9.17) is 0 Å². The zero-order valence-electron chi connectivity index (χ0n) is 9.21. The molecule has 1 saturated carbocycles. The highest BCUT2D eigenvalue weighted by atomic mass is 15.2. The third kappa shape index (κ3) is 2.40. The van der Waals surface area contributed by atoms with Crippen molar-refractivity contribution < 1.29 is 0 Å². The molecule has 2 aliphatic rings. The highest BCUT2D eigenvalue weighted by Gasteiger charge is 2.24. The number of nitrogens with one attached hydrogen (secondary N) is 2. The average Bonchev–Trinajstić information content (AvgIpc) is 2.54. The van der Waals surface area contributed by atoms with Crippen molar-refractivity contribution in [3.63, 3.8) is 0 Å². The van der Waals surface area contributed by atoms with E-state index in [9.17, 15) is 0 Å². The average molecular weight is 195 g/mol. The van der Waals surface area contributed by atoms with Gasteiger partial charge in [0, 0.05) is 12.6 Å². The molecular weight excluding hydrogens is 174 g/mol. The van der Waals surface area contributed by atoms with Crippen LogP contribution in [0.1, 0.15) is 33.1 Å². The van der Waals surface area contributed by atoms with E-state index in [-0.39, 0.29) is 0 Å². The molecule has 0 amide bonds. The molecule has 0 aromatic carbocycles. The predicted molar refractivity (Wildman–Crippen MR) is 59.4 cm³/mol. The maximum atomic E-state index is 4.37. The number of hydrogen-bond donors (Lipinski definition) is 2. The Hall–Kier alpha value is -0.730. The van der Waals surface area contributed by atoms with Gasteiger partial charge in [0.15, 0.2) is 5.96 Å². The Bertz CT molecular complexity index is 215. The molecule has 1 aliphatic heterocycles. The first-order valence-electron chi connectivity index (χ1n) is 5.79. The SMILES string of the molecule is CC1CC(C)CC(NC2=NCCN2)C1. The minimum atomic E-state index is 0.637. The van der Waals surface area contributed by atoms with Crippen LogP contribution in [0.4, 0.5) is 0 Å². The molecule has 0 spiro atoms. The zero-order valence-corrected chi connectivity index (χ0v) is 9.21. The van der Waals surface area contributed by atoms with Crippen LogP contribution in [0, 0.1) is 11.8 Å². The Labute approximate surface area is 86.4 Å². The first-order chi connectivity index (χ1) is 6.74. The van der Waals surface area contributed by atoms with Crippen LogP contribution in [0.2, 0.25) is 0 Å². The summed E-state index contributed by atoms with van der Waals surface area (Å²) in [6.45, 7) is 6.64. The van der Waals surface area contributed by atoms with Gasteiger partial charge in [0.25, 0.3) is 0 Å². The molecule has 0 aromatic rings. The van der Waals surface area contributed by atoms with Gasteiger partial charge in [-0.2, -0.15) is 0 Å². The number of hydrogen-bond acceptors (Lipinski definition) is 3. The van der Waals surface area contributed by atoms with Crippen molar-refractivity contribution in [2.24, 2.45) is 16.8 Å². The van der Waals surface area contributed by atoms with E-state index in [1.54, 1.807) is 0 Å². The van der Waals surface area contributed by atoms with E-state index in [0.717, 1.165) is 30.9 Å². The summed E-state index contributed by atoms with van der Waals surface area (Å²) < 4.78 is 0. The van der Waals surface area contributed by atoms with Crippen molar-refractivity contribution in [1.82, 2.24) is 10.6 Å². The molecule has 1 heterocycles. The minimum Gasteiger partial charge on any atom is -0.355 e. The molecule has 1 fully saturated rings. The van der Waals surface area contributed by atoms with Gasteiger partial charge in [-0.1, -0.05) is 13.8 Å². The zero-order chi connectivity index (χ0) is 9.97. The highest BCUT2D eigenvalue weighted by molar-refractivity contribution is 5.81. The Morgan fingerprint density at radius 2 is 1.93 bits per heavy atom. The number of aliphatic imine (C=N–C) groups is 1. The molecule has 1 aliphatic carbocycles. The van der Waals surface area contributed by atoms with Gasteiger partial charge in [0.2, 0.25) is 0 Å². The molecular formula is C11H21N3. The molecule has 0 aromatic heterocycles. The van der Waals surface area contributed by atoms with Crippen LogP contribution in [0.3, 0.4) is 0 Å². The lowest BCUT2D eigenvalue weighted by molar-refractivity contribution is 0.255. The third-order valence-electron chi connectivity index (χ3n) is 3.19. The summed E-state index contributed by atoms with van der Waals surface area (Å²) in [4.78, 5) is 4.37. The fraction of sp³-hybridized carbons (Fsp3) is 0.909. The molecule has 80 valence electrons. The molecule has 0 bridgehead atoms. The molecule has 2 atom stereocenters. The molecule has 3 nitrogen and oxygen atoms in total. The number of nitrogens with zero attached hydrogens (tertiary/aromatic N) is 1. The van der Waals surface area contributed by atoms with Crippen LogP contribution < -0.4 is 10.6 Å². The van der Waals surface area contributed by atoms with Crippen molar-refractivity contribution in [2.75, 3.05) is 13.1 Å². The lowest BCUT2D eigenvalue weighted by Crippen LogP contribution is -2.44. The molecule has 2 unspecified atom stereocenters. The van der Waals surface area contributed by atoms with Crippen LogP contribution >= 0.6 is 0 Å². The second kappa shape index (κ2) is 4.20. The summed E-state index contributed by atoms with van der Waals surface area (Å²) in [5.74, 6) is 2.74. The smallest absolute Gasteiger partial charge is 0.191 e. The summed E-state index contributed by atoms with van der Waals surface area (Å²) in [5, 5.41) is 6.79. The van der Waals surface area contributed by atoms with Crippen molar-refractivity contribution in [1.29, 1.82) is 0 Å². The molecule has 0 saturated heterocycles. The predicted octanol–water partition coefficient (Wildman–Crippen LogP) is 1.36. The van der Waals surface area contributed by atoms with E-state index in [0.29, 0.717) is 6.04 Å². The first-order valence-corrected chi connectivity index (χ1v) is 5.79. The van der Waals surface area contributed by atoms with Gasteiger partial charge in [-0.15, -0.1) is 0 Å². The number of rotatable bonds is 1. The van der Waals surface area contributed by atoms with Gasteiger partial charge in [-0.3, -0.25) is 4.99 Å². The lowest BCUT2D eigenvalue weighted by atomic mass is 9.80. The summed E-state index contributed by atoms with van der Waals surface area (Å²) in [7, 11) is 0. The summed E-state index contributed by atoms with van der Waals surface area (Å²) in [6, 6.07) is 0.637. The molecule has 14 heavy (non-hydrogen) atoms. The van der Waals surface area contributed by atoms with Gasteiger partial charge in [0.05, 0.1) is 6.54 Å². The Kier molecular flexibility index (Phi) is 2.94. The first kappa shape index (κ1) is 9.81. The normalized spacial score (nSPS) is 37.6. The second-order valence-corrected chi connectivity index (χ2v) is 4.92. The van der Waals surface area contributed by atoms with Crippen molar-refractivity contribution in [3.8, 4) is 0 Å². The molecule has 0 radical (unpaired) electrons. The van der Waals surface area contributed by atoms with Crippen molar-refractivity contribution >= 4 is 5.96 Å². The fourth-order valence-electron chi connectivity index (χ4n) is 2.75. The maximum absolute atomic E-state index is 4.37. The Morgan fingerprint density at radius 1 is 1.21 bits per heavy atom. The summed E-state index contributed by atoms with van der Waals surface area (Å²) >= 11 is 0. The van der Waals surface area contributed by atoms with E-state index < -0.39 is 0 Å². The van der Waals surface area contributed by atoms with Gasteiger partial charge in [0.1, 0.15) is 0 Å². The molecule has 2 N–H and O–H groups in total. The van der Waals surface area contributed by atoms with Crippen LogP contribution in [0.5, 0.6) is 0 Å². The molecule has 3 heteroatoms. The van der Waals surface area contributed by atoms with Crippen molar-refractivity contribution in [2.45, 2.75) is 39.2 Å². The van der Waals surface area contributed by atoms with Crippen LogP contribution in [0.25, 0.3) is 0 Å². The fourth-order valence-corrected chi connectivity index (χ4v) is 2.75. The maximum Gasteiger partial charge on any atom is 0.191 e. The van der Waals surface area contributed by atoms with Crippen molar-refractivity contribution in [3.05, 3.63) is 0 Å². The third-order valence-corrected chi connectivity index (χ3v) is 3.19. The lowest BCUT2D eigenvalue weighted by Gasteiger charge is -2.32.